The lowest BCUT2D eigenvalue weighted by atomic mass is 10.2. The van der Waals surface area contributed by atoms with Gasteiger partial charge in [0.25, 0.3) is 0 Å². The Morgan fingerprint density at radius 3 is 2.41 bits per heavy atom. The lowest BCUT2D eigenvalue weighted by Gasteiger charge is -2.16. The number of amides is 4. The molecule has 0 spiro atoms. The minimum absolute atomic E-state index is 0.0561. The molecular weight excluding hydrogens is 438 g/mol. The molecule has 2 aromatic carbocycles. The van der Waals surface area contributed by atoms with Crippen LogP contribution in [-0.4, -0.2) is 48.1 Å². The average molecular weight is 462 g/mol. The van der Waals surface area contributed by atoms with Gasteiger partial charge in [-0.25, -0.2) is 9.79 Å². The molecular formula is C20H24ClN7O4. The smallest absolute Gasteiger partial charge is 0.319 e. The van der Waals surface area contributed by atoms with Crippen molar-refractivity contribution in [2.24, 2.45) is 16.5 Å². The zero-order chi connectivity index (χ0) is 23.5. The highest BCUT2D eigenvalue weighted by Gasteiger charge is 2.20. The zero-order valence-electron chi connectivity index (χ0n) is 17.0. The van der Waals surface area contributed by atoms with E-state index in [0.717, 1.165) is 5.56 Å². The second-order valence-electron chi connectivity index (χ2n) is 6.54. The number of nitrogens with one attached hydrogen (secondary N) is 4. The topological polar surface area (TPSA) is 184 Å². The van der Waals surface area contributed by atoms with Crippen molar-refractivity contribution < 1.29 is 19.5 Å². The molecule has 0 aliphatic rings. The van der Waals surface area contributed by atoms with Crippen LogP contribution < -0.4 is 32.7 Å². The maximum Gasteiger partial charge on any atom is 0.319 e. The third-order valence-corrected chi connectivity index (χ3v) is 4.23. The lowest BCUT2D eigenvalue weighted by molar-refractivity contribution is -0.127. The molecule has 2 aromatic rings. The van der Waals surface area contributed by atoms with Gasteiger partial charge >= 0.3 is 6.03 Å². The summed E-state index contributed by atoms with van der Waals surface area (Å²) in [7, 11) is 0. The minimum Gasteiger partial charge on any atom is -0.394 e. The summed E-state index contributed by atoms with van der Waals surface area (Å²) in [6, 6.07) is 11.3. The summed E-state index contributed by atoms with van der Waals surface area (Å²) in [5.41, 5.74) is 12.4. The Morgan fingerprint density at radius 1 is 1.06 bits per heavy atom. The van der Waals surface area contributed by atoms with Crippen LogP contribution in [0.5, 0.6) is 0 Å². The maximum atomic E-state index is 12.2. The first-order valence-electron chi connectivity index (χ1n) is 9.43. The molecule has 0 aliphatic carbocycles. The summed E-state index contributed by atoms with van der Waals surface area (Å²) >= 11 is 5.84. The van der Waals surface area contributed by atoms with Gasteiger partial charge in [-0.3, -0.25) is 9.59 Å². The van der Waals surface area contributed by atoms with Crippen LogP contribution in [0.4, 0.5) is 16.2 Å². The largest absolute Gasteiger partial charge is 0.394 e. The van der Waals surface area contributed by atoms with Crippen LogP contribution in [0.1, 0.15) is 5.56 Å². The number of aliphatic imine (C=N–C) groups is 1. The fourth-order valence-corrected chi connectivity index (χ4v) is 2.67. The number of anilines is 1. The van der Waals surface area contributed by atoms with E-state index in [9.17, 15) is 19.5 Å². The third-order valence-electron chi connectivity index (χ3n) is 3.99. The number of carbonyl (C=O) groups is 3. The first kappa shape index (κ1) is 24.4. The van der Waals surface area contributed by atoms with Gasteiger partial charge < -0.3 is 37.8 Å². The summed E-state index contributed by atoms with van der Waals surface area (Å²) in [6.07, 6.45) is 0. The van der Waals surface area contributed by atoms with Crippen molar-refractivity contribution in [2.75, 3.05) is 18.5 Å². The van der Waals surface area contributed by atoms with Gasteiger partial charge in [0.1, 0.15) is 6.04 Å². The number of hydrogen-bond acceptors (Lipinski definition) is 5. The molecule has 0 aromatic heterocycles. The quantitative estimate of drug-likeness (QED) is 0.206. The van der Waals surface area contributed by atoms with E-state index < -0.39 is 30.5 Å². The third kappa shape index (κ3) is 8.50. The molecule has 1 unspecified atom stereocenters. The first-order chi connectivity index (χ1) is 15.3. The molecule has 12 heteroatoms. The van der Waals surface area contributed by atoms with E-state index in [1.54, 1.807) is 42.5 Å². The van der Waals surface area contributed by atoms with Crippen LogP contribution in [0.15, 0.2) is 53.5 Å². The van der Waals surface area contributed by atoms with Gasteiger partial charge in [0.15, 0.2) is 5.96 Å². The normalized spacial score (nSPS) is 11.1. The summed E-state index contributed by atoms with van der Waals surface area (Å²) in [5, 5.41) is 19.6. The molecule has 0 radical (unpaired) electrons. The molecule has 0 heterocycles. The van der Waals surface area contributed by atoms with Crippen molar-refractivity contribution in [3.63, 3.8) is 0 Å². The van der Waals surface area contributed by atoms with Gasteiger partial charge in [0, 0.05) is 17.3 Å². The number of carbonyl (C=O) groups excluding carboxylic acids is 3. The van der Waals surface area contributed by atoms with Gasteiger partial charge in [0.2, 0.25) is 11.8 Å². The molecule has 32 heavy (non-hydrogen) atoms. The Labute approximate surface area is 189 Å². The standard InChI is InChI=1S/C20H24ClN7O4/c21-13-2-1-3-15(8-13)27-20(32)28-16(11-29)18(31)25-10-17(30)24-9-12-4-6-14(7-5-12)26-19(22)23/h1-8,16,29H,9-11H2,(H,24,30)(H,25,31)(H4,22,23,26)(H2,27,28,32). The number of hydrogen-bond donors (Lipinski definition) is 7. The van der Waals surface area contributed by atoms with Crippen LogP contribution in [0.3, 0.4) is 0 Å². The van der Waals surface area contributed by atoms with Crippen LogP contribution in [0, 0.1) is 0 Å². The molecule has 9 N–H and O–H groups in total. The molecule has 0 bridgehead atoms. The summed E-state index contributed by atoms with van der Waals surface area (Å²) < 4.78 is 0. The van der Waals surface area contributed by atoms with Gasteiger partial charge in [-0.1, -0.05) is 29.8 Å². The molecule has 2 rings (SSSR count). The van der Waals surface area contributed by atoms with E-state index in [0.29, 0.717) is 16.4 Å². The Balaban J connectivity index is 1.76. The predicted molar refractivity (Wildman–Crippen MR) is 121 cm³/mol. The van der Waals surface area contributed by atoms with Crippen molar-refractivity contribution in [1.29, 1.82) is 0 Å². The molecule has 0 saturated carbocycles. The van der Waals surface area contributed by atoms with E-state index >= 15 is 0 Å². The van der Waals surface area contributed by atoms with Crippen molar-refractivity contribution in [1.82, 2.24) is 16.0 Å². The highest BCUT2D eigenvalue weighted by atomic mass is 35.5. The molecule has 11 nitrogen and oxygen atoms in total. The van der Waals surface area contributed by atoms with Crippen LogP contribution >= 0.6 is 11.6 Å². The number of aliphatic hydroxyl groups excluding tert-OH is 1. The Bertz CT molecular complexity index is 978. The molecule has 0 saturated heterocycles. The number of rotatable bonds is 9. The van der Waals surface area contributed by atoms with Crippen molar-refractivity contribution in [2.45, 2.75) is 12.6 Å². The second kappa shape index (κ2) is 12.1. The number of benzene rings is 2. The highest BCUT2D eigenvalue weighted by Crippen LogP contribution is 2.14. The fourth-order valence-electron chi connectivity index (χ4n) is 2.48. The average Bonchev–Trinajstić information content (AvgIpc) is 2.75. The molecule has 170 valence electrons. The number of nitrogens with two attached hydrogens (primary N) is 2. The first-order valence-corrected chi connectivity index (χ1v) is 9.81. The minimum atomic E-state index is -1.25. The van der Waals surface area contributed by atoms with E-state index in [1.807, 2.05) is 0 Å². The number of nitrogens with zero attached hydrogens (tertiary/aromatic N) is 1. The zero-order valence-corrected chi connectivity index (χ0v) is 17.7. The van der Waals surface area contributed by atoms with Gasteiger partial charge in [-0.05, 0) is 35.9 Å². The molecule has 0 aliphatic heterocycles. The number of urea groups is 1. The Morgan fingerprint density at radius 2 is 1.78 bits per heavy atom. The van der Waals surface area contributed by atoms with Crippen LogP contribution in [-0.2, 0) is 16.1 Å². The predicted octanol–water partition coefficient (Wildman–Crippen LogP) is 0.160. The highest BCUT2D eigenvalue weighted by molar-refractivity contribution is 6.30. The Hall–Kier alpha value is -3.83. The van der Waals surface area contributed by atoms with E-state index in [1.165, 1.54) is 6.07 Å². The van der Waals surface area contributed by atoms with Gasteiger partial charge in [0.05, 0.1) is 18.8 Å². The van der Waals surface area contributed by atoms with Crippen molar-refractivity contribution in [3.8, 4) is 0 Å². The summed E-state index contributed by atoms with van der Waals surface area (Å²) in [4.78, 5) is 40.1. The summed E-state index contributed by atoms with van der Waals surface area (Å²) in [6.45, 7) is -0.766. The maximum absolute atomic E-state index is 12.2. The van der Waals surface area contributed by atoms with E-state index in [4.69, 9.17) is 23.1 Å². The van der Waals surface area contributed by atoms with Crippen LogP contribution in [0.25, 0.3) is 0 Å². The SMILES string of the molecule is NC(N)=Nc1ccc(CNC(=O)CNC(=O)C(CO)NC(=O)Nc2cccc(Cl)c2)cc1. The molecule has 4 amide bonds. The van der Waals surface area contributed by atoms with E-state index in [-0.39, 0.29) is 19.0 Å². The number of halogens is 1. The Kier molecular flexibility index (Phi) is 9.26. The van der Waals surface area contributed by atoms with Crippen LogP contribution in [0.2, 0.25) is 5.02 Å². The van der Waals surface area contributed by atoms with Gasteiger partial charge in [-0.15, -0.1) is 0 Å². The van der Waals surface area contributed by atoms with Gasteiger partial charge in [-0.2, -0.15) is 0 Å². The second-order valence-corrected chi connectivity index (χ2v) is 6.98. The van der Waals surface area contributed by atoms with Crippen molar-refractivity contribution >= 4 is 46.8 Å². The lowest BCUT2D eigenvalue weighted by Crippen LogP contribution is -2.51. The van der Waals surface area contributed by atoms with E-state index in [2.05, 4.69) is 26.3 Å². The number of aliphatic hydroxyl groups is 1. The monoisotopic (exact) mass is 461 g/mol. The molecule has 0 fully saturated rings. The summed E-state index contributed by atoms with van der Waals surface area (Å²) in [5.74, 6) is -1.23. The fraction of sp³-hybridized carbons (Fsp3) is 0.200. The molecule has 1 atom stereocenters. The van der Waals surface area contributed by atoms with Crippen molar-refractivity contribution in [3.05, 3.63) is 59.1 Å². The number of guanidine groups is 1.